The van der Waals surface area contributed by atoms with E-state index in [0.29, 0.717) is 11.5 Å². The van der Waals surface area contributed by atoms with Crippen molar-refractivity contribution in [1.29, 1.82) is 0 Å². The normalized spacial score (nSPS) is 15.9. The number of anilines is 1. The average Bonchev–Trinajstić information content (AvgIpc) is 3.25. The monoisotopic (exact) mass is 320 g/mol. The van der Waals surface area contributed by atoms with Gasteiger partial charge in [0.05, 0.1) is 12.3 Å². The van der Waals surface area contributed by atoms with Crippen molar-refractivity contribution in [1.82, 2.24) is 15.3 Å². The molecule has 4 rings (SSSR count). The van der Waals surface area contributed by atoms with Crippen molar-refractivity contribution in [3.05, 3.63) is 65.5 Å². The van der Waals surface area contributed by atoms with Gasteiger partial charge in [-0.05, 0) is 42.2 Å². The van der Waals surface area contributed by atoms with Crippen LogP contribution in [0.4, 0.5) is 5.95 Å². The lowest BCUT2D eigenvalue weighted by atomic mass is 10.1. The van der Waals surface area contributed by atoms with Gasteiger partial charge in [-0.3, -0.25) is 4.79 Å². The number of hydrogen-bond donors (Lipinski definition) is 2. The second-order valence-electron chi connectivity index (χ2n) is 5.74. The summed E-state index contributed by atoms with van der Waals surface area (Å²) in [6, 6.07) is 13.3. The number of furan rings is 1. The molecule has 24 heavy (non-hydrogen) atoms. The predicted molar refractivity (Wildman–Crippen MR) is 89.1 cm³/mol. The molecule has 6 heteroatoms. The van der Waals surface area contributed by atoms with Gasteiger partial charge < -0.3 is 15.5 Å². The van der Waals surface area contributed by atoms with E-state index >= 15 is 0 Å². The van der Waals surface area contributed by atoms with E-state index in [1.54, 1.807) is 24.5 Å². The Bertz CT molecular complexity index is 890. The largest absolute Gasteiger partial charge is 0.463 e. The minimum absolute atomic E-state index is 0.00282. The summed E-state index contributed by atoms with van der Waals surface area (Å²) in [5.74, 6) is 0.323. The molecular weight excluding hydrogens is 304 g/mol. The molecule has 6 nitrogen and oxygen atoms in total. The molecule has 0 radical (unpaired) electrons. The Morgan fingerprint density at radius 2 is 2.08 bits per heavy atom. The Morgan fingerprint density at radius 1 is 1.21 bits per heavy atom. The zero-order valence-corrected chi connectivity index (χ0v) is 12.9. The Hall–Kier alpha value is -3.15. The topological polar surface area (TPSA) is 94.0 Å². The lowest BCUT2D eigenvalue weighted by molar-refractivity contribution is 0.0931. The highest BCUT2D eigenvalue weighted by Gasteiger charge is 2.24. The van der Waals surface area contributed by atoms with Crippen molar-refractivity contribution >= 4 is 11.9 Å². The number of aromatic nitrogens is 2. The molecule has 1 atom stereocenters. The molecule has 0 saturated carbocycles. The first kappa shape index (κ1) is 14.4. The van der Waals surface area contributed by atoms with Crippen LogP contribution in [-0.2, 0) is 6.42 Å². The van der Waals surface area contributed by atoms with Crippen LogP contribution in [0, 0.1) is 0 Å². The SMILES string of the molecule is Nc1nc(C(=O)N[C@@H]2CCc3ccccc32)cc(-c2ccco2)n1. The summed E-state index contributed by atoms with van der Waals surface area (Å²) in [7, 11) is 0. The van der Waals surface area contributed by atoms with Gasteiger partial charge in [0.15, 0.2) is 5.76 Å². The van der Waals surface area contributed by atoms with Gasteiger partial charge in [-0.2, -0.15) is 0 Å². The Kier molecular flexibility index (Phi) is 3.49. The summed E-state index contributed by atoms with van der Waals surface area (Å²) in [6.07, 6.45) is 3.39. The number of nitrogens with two attached hydrogens (primary N) is 1. The maximum absolute atomic E-state index is 12.6. The molecule has 0 spiro atoms. The smallest absolute Gasteiger partial charge is 0.270 e. The number of benzene rings is 1. The van der Waals surface area contributed by atoms with E-state index < -0.39 is 0 Å². The molecule has 2 heterocycles. The lowest BCUT2D eigenvalue weighted by Gasteiger charge is -2.14. The van der Waals surface area contributed by atoms with E-state index in [0.717, 1.165) is 12.8 Å². The minimum atomic E-state index is -0.265. The van der Waals surface area contributed by atoms with Gasteiger partial charge in [-0.25, -0.2) is 9.97 Å². The summed E-state index contributed by atoms with van der Waals surface area (Å²) in [6.45, 7) is 0. The molecule has 1 aliphatic carbocycles. The second kappa shape index (κ2) is 5.81. The molecule has 3 N–H and O–H groups in total. The van der Waals surface area contributed by atoms with Crippen molar-refractivity contribution in [2.45, 2.75) is 18.9 Å². The Balaban J connectivity index is 1.59. The standard InChI is InChI=1S/C18H16N4O2/c19-18-21-14(16-6-3-9-24-16)10-15(22-18)17(23)20-13-8-7-11-4-1-2-5-12(11)13/h1-6,9-10,13H,7-8H2,(H,20,23)(H2,19,21,22)/t13-/m1/s1. The molecule has 120 valence electrons. The Morgan fingerprint density at radius 3 is 2.92 bits per heavy atom. The number of nitrogen functional groups attached to an aromatic ring is 1. The quantitative estimate of drug-likeness (QED) is 0.774. The van der Waals surface area contributed by atoms with Crippen LogP contribution in [0.5, 0.6) is 0 Å². The highest BCUT2D eigenvalue weighted by atomic mass is 16.3. The molecule has 0 aliphatic heterocycles. The van der Waals surface area contributed by atoms with Crippen molar-refractivity contribution in [2.24, 2.45) is 0 Å². The molecule has 0 fully saturated rings. The molecular formula is C18H16N4O2. The van der Waals surface area contributed by atoms with Gasteiger partial charge >= 0.3 is 0 Å². The van der Waals surface area contributed by atoms with Crippen LogP contribution >= 0.6 is 0 Å². The number of nitrogens with zero attached hydrogens (tertiary/aromatic N) is 2. The van der Waals surface area contributed by atoms with Crippen LogP contribution in [0.3, 0.4) is 0 Å². The van der Waals surface area contributed by atoms with E-state index in [9.17, 15) is 4.79 Å². The molecule has 3 aromatic rings. The summed E-state index contributed by atoms with van der Waals surface area (Å²) >= 11 is 0. The van der Waals surface area contributed by atoms with Gasteiger partial charge in [-0.15, -0.1) is 0 Å². The Labute approximate surface area is 138 Å². The summed E-state index contributed by atoms with van der Waals surface area (Å²) < 4.78 is 5.31. The predicted octanol–water partition coefficient (Wildman–Crippen LogP) is 2.74. The zero-order chi connectivity index (χ0) is 16.5. The van der Waals surface area contributed by atoms with Crippen molar-refractivity contribution in [3.8, 4) is 11.5 Å². The molecule has 1 amide bonds. The first-order valence-electron chi connectivity index (χ1n) is 7.78. The van der Waals surface area contributed by atoms with Crippen LogP contribution in [-0.4, -0.2) is 15.9 Å². The van der Waals surface area contributed by atoms with E-state index in [1.807, 2.05) is 12.1 Å². The van der Waals surface area contributed by atoms with Crippen LogP contribution in [0.1, 0.15) is 34.1 Å². The number of hydrogen-bond acceptors (Lipinski definition) is 5. The number of aryl methyl sites for hydroxylation is 1. The third-order valence-corrected chi connectivity index (χ3v) is 4.19. The second-order valence-corrected chi connectivity index (χ2v) is 5.74. The van der Waals surface area contributed by atoms with Gasteiger partial charge in [0.25, 0.3) is 5.91 Å². The minimum Gasteiger partial charge on any atom is -0.463 e. The maximum atomic E-state index is 12.6. The molecule has 0 unspecified atom stereocenters. The molecule has 0 bridgehead atoms. The molecule has 1 aromatic carbocycles. The number of rotatable bonds is 3. The third-order valence-electron chi connectivity index (χ3n) is 4.19. The van der Waals surface area contributed by atoms with Crippen molar-refractivity contribution in [2.75, 3.05) is 5.73 Å². The van der Waals surface area contributed by atoms with Crippen LogP contribution in [0.25, 0.3) is 11.5 Å². The van der Waals surface area contributed by atoms with Crippen LogP contribution < -0.4 is 11.1 Å². The van der Waals surface area contributed by atoms with Crippen molar-refractivity contribution in [3.63, 3.8) is 0 Å². The number of carbonyl (C=O) groups is 1. The van der Waals surface area contributed by atoms with E-state index in [4.69, 9.17) is 10.2 Å². The number of fused-ring (bicyclic) bond motifs is 1. The molecule has 0 saturated heterocycles. The van der Waals surface area contributed by atoms with Gasteiger partial charge in [0.1, 0.15) is 11.4 Å². The fraction of sp³-hybridized carbons (Fsp3) is 0.167. The fourth-order valence-electron chi connectivity index (χ4n) is 3.07. The highest BCUT2D eigenvalue weighted by molar-refractivity contribution is 5.93. The van der Waals surface area contributed by atoms with Crippen LogP contribution in [0.2, 0.25) is 0 Å². The summed E-state index contributed by atoms with van der Waals surface area (Å²) in [5.41, 5.74) is 8.91. The van der Waals surface area contributed by atoms with Gasteiger partial charge in [0, 0.05) is 0 Å². The summed E-state index contributed by atoms with van der Waals surface area (Å²) in [4.78, 5) is 20.8. The lowest BCUT2D eigenvalue weighted by Crippen LogP contribution is -2.28. The third kappa shape index (κ3) is 2.62. The van der Waals surface area contributed by atoms with E-state index in [1.165, 1.54) is 11.1 Å². The van der Waals surface area contributed by atoms with Crippen LogP contribution in [0.15, 0.2) is 53.1 Å². The van der Waals surface area contributed by atoms with E-state index in [-0.39, 0.29) is 23.6 Å². The first-order chi connectivity index (χ1) is 11.7. The molecule has 1 aliphatic rings. The van der Waals surface area contributed by atoms with Crippen molar-refractivity contribution < 1.29 is 9.21 Å². The zero-order valence-electron chi connectivity index (χ0n) is 12.9. The summed E-state index contributed by atoms with van der Waals surface area (Å²) in [5, 5.41) is 3.04. The fourth-order valence-corrected chi connectivity index (χ4v) is 3.07. The number of nitrogens with one attached hydrogen (secondary N) is 1. The highest BCUT2D eigenvalue weighted by Crippen LogP contribution is 2.31. The molecule has 2 aromatic heterocycles. The van der Waals surface area contributed by atoms with Gasteiger partial charge in [0.2, 0.25) is 5.95 Å². The average molecular weight is 320 g/mol. The number of carbonyl (C=O) groups excluding carboxylic acids is 1. The van der Waals surface area contributed by atoms with E-state index in [2.05, 4.69) is 27.4 Å². The maximum Gasteiger partial charge on any atom is 0.270 e. The first-order valence-corrected chi connectivity index (χ1v) is 7.78. The van der Waals surface area contributed by atoms with Gasteiger partial charge in [-0.1, -0.05) is 24.3 Å². The number of amides is 1.